The van der Waals surface area contributed by atoms with Crippen LogP contribution >= 0.6 is 23.2 Å². The molecule has 0 aromatic heterocycles. The van der Waals surface area contributed by atoms with Crippen LogP contribution in [0.15, 0.2) is 72.8 Å². The Morgan fingerprint density at radius 2 is 1.65 bits per heavy atom. The molecule has 160 valence electrons. The summed E-state index contributed by atoms with van der Waals surface area (Å²) in [5.41, 5.74) is 3.38. The third-order valence-electron chi connectivity index (χ3n) is 5.89. The second kappa shape index (κ2) is 9.76. The lowest BCUT2D eigenvalue weighted by Gasteiger charge is -2.29. The monoisotopic (exact) mass is 453 g/mol. The molecule has 3 unspecified atom stereocenters. The zero-order valence-corrected chi connectivity index (χ0v) is 18.9. The van der Waals surface area contributed by atoms with E-state index in [1.807, 2.05) is 72.8 Å². The molecule has 31 heavy (non-hydrogen) atoms. The third kappa shape index (κ3) is 5.41. The average molecular weight is 454 g/mol. The number of nitrogens with one attached hydrogen (secondary N) is 1. The van der Waals surface area contributed by atoms with Gasteiger partial charge >= 0.3 is 0 Å². The molecule has 1 aliphatic rings. The van der Waals surface area contributed by atoms with Crippen LogP contribution in [0.4, 0.5) is 0 Å². The van der Waals surface area contributed by atoms with Crippen LogP contribution < -0.4 is 10.1 Å². The Morgan fingerprint density at radius 1 is 1.00 bits per heavy atom. The van der Waals surface area contributed by atoms with Crippen molar-refractivity contribution >= 4 is 29.1 Å². The lowest BCUT2D eigenvalue weighted by Crippen LogP contribution is -2.44. The van der Waals surface area contributed by atoms with E-state index in [4.69, 9.17) is 27.9 Å². The predicted molar refractivity (Wildman–Crippen MR) is 126 cm³/mol. The Morgan fingerprint density at radius 3 is 2.35 bits per heavy atom. The van der Waals surface area contributed by atoms with Crippen molar-refractivity contribution in [2.45, 2.75) is 31.7 Å². The molecule has 4 rings (SSSR count). The maximum absolute atomic E-state index is 13.1. The molecule has 1 amide bonds. The van der Waals surface area contributed by atoms with Crippen LogP contribution in [0, 0.1) is 5.92 Å². The minimum Gasteiger partial charge on any atom is -0.492 e. The molecule has 0 aliphatic carbocycles. The highest BCUT2D eigenvalue weighted by molar-refractivity contribution is 6.30. The maximum atomic E-state index is 13.1. The van der Waals surface area contributed by atoms with Crippen LogP contribution in [-0.2, 0) is 17.6 Å². The van der Waals surface area contributed by atoms with Gasteiger partial charge in [0.25, 0.3) is 0 Å². The Bertz CT molecular complexity index is 1030. The molecule has 3 aromatic carbocycles. The van der Waals surface area contributed by atoms with Gasteiger partial charge in [-0.15, -0.1) is 0 Å². The van der Waals surface area contributed by atoms with Crippen molar-refractivity contribution in [3.05, 3.63) is 99.5 Å². The summed E-state index contributed by atoms with van der Waals surface area (Å²) < 4.78 is 5.82. The van der Waals surface area contributed by atoms with Crippen LogP contribution in [0.25, 0.3) is 0 Å². The number of para-hydroxylation sites is 1. The number of benzene rings is 3. The Balaban J connectivity index is 1.50. The summed E-state index contributed by atoms with van der Waals surface area (Å²) in [4.78, 5) is 13.1. The number of ether oxygens (including phenoxy) is 1. The molecule has 1 heterocycles. The van der Waals surface area contributed by atoms with Gasteiger partial charge in [0, 0.05) is 22.0 Å². The fourth-order valence-electron chi connectivity index (χ4n) is 4.11. The second-order valence-corrected chi connectivity index (χ2v) is 8.98. The smallest absolute Gasteiger partial charge is 0.227 e. The molecular formula is C26H25Cl2NO2. The van der Waals surface area contributed by atoms with Crippen molar-refractivity contribution < 1.29 is 9.53 Å². The summed E-state index contributed by atoms with van der Waals surface area (Å²) in [6.07, 6.45) is 1.47. The van der Waals surface area contributed by atoms with Crippen LogP contribution in [0.2, 0.25) is 10.0 Å². The van der Waals surface area contributed by atoms with Gasteiger partial charge in [-0.1, -0.05) is 65.7 Å². The van der Waals surface area contributed by atoms with Gasteiger partial charge in [0.05, 0.1) is 5.92 Å². The van der Waals surface area contributed by atoms with Gasteiger partial charge in [-0.3, -0.25) is 4.79 Å². The number of rotatable bonds is 6. The number of fused-ring (bicyclic) bond motifs is 1. The van der Waals surface area contributed by atoms with Crippen molar-refractivity contribution in [2.24, 2.45) is 5.92 Å². The summed E-state index contributed by atoms with van der Waals surface area (Å²) in [5.74, 6) is 0.802. The molecule has 0 bridgehead atoms. The lowest BCUT2D eigenvalue weighted by molar-refractivity contribution is -0.127. The average Bonchev–Trinajstić information content (AvgIpc) is 2.79. The summed E-state index contributed by atoms with van der Waals surface area (Å²) in [7, 11) is 0. The molecule has 1 aliphatic heterocycles. The lowest BCUT2D eigenvalue weighted by atomic mass is 9.86. The predicted octanol–water partition coefficient (Wildman–Crippen LogP) is 6.08. The van der Waals surface area contributed by atoms with Crippen LogP contribution in [-0.4, -0.2) is 18.6 Å². The highest BCUT2D eigenvalue weighted by Crippen LogP contribution is 2.29. The van der Waals surface area contributed by atoms with Gasteiger partial charge in [0.1, 0.15) is 12.4 Å². The fourth-order valence-corrected chi connectivity index (χ4v) is 4.36. The molecule has 3 aromatic rings. The van der Waals surface area contributed by atoms with Gasteiger partial charge in [0.15, 0.2) is 0 Å². The first-order valence-corrected chi connectivity index (χ1v) is 11.3. The molecule has 0 saturated heterocycles. The van der Waals surface area contributed by atoms with E-state index in [0.29, 0.717) is 23.1 Å². The van der Waals surface area contributed by atoms with Crippen molar-refractivity contribution in [3.63, 3.8) is 0 Å². The van der Waals surface area contributed by atoms with E-state index in [-0.39, 0.29) is 23.8 Å². The quantitative estimate of drug-likeness (QED) is 0.491. The van der Waals surface area contributed by atoms with Crippen LogP contribution in [0.5, 0.6) is 5.75 Å². The number of hydrogen-bond acceptors (Lipinski definition) is 2. The fraction of sp³-hybridized carbons (Fsp3) is 0.269. The zero-order chi connectivity index (χ0) is 21.8. The summed E-state index contributed by atoms with van der Waals surface area (Å²) >= 11 is 12.2. The molecule has 0 radical (unpaired) electrons. The van der Waals surface area contributed by atoms with E-state index in [9.17, 15) is 4.79 Å². The van der Waals surface area contributed by atoms with E-state index >= 15 is 0 Å². The SMILES string of the molecule is CC(NC(=O)C1COc2ccccc2C1)C(Cc1ccc(Cl)cc1)c1ccc(Cl)cc1. The van der Waals surface area contributed by atoms with Crippen LogP contribution in [0.3, 0.4) is 0 Å². The number of amides is 1. The summed E-state index contributed by atoms with van der Waals surface area (Å²) in [6.45, 7) is 2.46. The normalized spacial score (nSPS) is 17.2. The maximum Gasteiger partial charge on any atom is 0.227 e. The number of hydrogen-bond donors (Lipinski definition) is 1. The highest BCUT2D eigenvalue weighted by atomic mass is 35.5. The molecule has 0 fully saturated rings. The Labute approximate surface area is 193 Å². The molecule has 0 saturated carbocycles. The molecule has 5 heteroatoms. The van der Waals surface area contributed by atoms with E-state index in [1.165, 1.54) is 5.56 Å². The van der Waals surface area contributed by atoms with Gasteiger partial charge in [-0.2, -0.15) is 0 Å². The van der Waals surface area contributed by atoms with E-state index < -0.39 is 0 Å². The van der Waals surface area contributed by atoms with Crippen molar-refractivity contribution in [1.29, 1.82) is 0 Å². The molecule has 3 atom stereocenters. The van der Waals surface area contributed by atoms with Crippen LogP contribution in [0.1, 0.15) is 29.5 Å². The second-order valence-electron chi connectivity index (χ2n) is 8.11. The standard InChI is InChI=1S/C26H25Cl2NO2/c1-17(29-26(30)21-15-20-4-2-3-5-25(20)31-16-21)24(19-8-12-23(28)13-9-19)14-18-6-10-22(27)11-7-18/h2-13,17,21,24H,14-16H2,1H3,(H,29,30). The van der Waals surface area contributed by atoms with Crippen molar-refractivity contribution in [2.75, 3.05) is 6.61 Å². The molecule has 3 nitrogen and oxygen atoms in total. The first kappa shape index (κ1) is 21.7. The minimum absolute atomic E-state index is 0.0251. The van der Waals surface area contributed by atoms with Crippen molar-refractivity contribution in [1.82, 2.24) is 5.32 Å². The Hall–Kier alpha value is -2.49. The van der Waals surface area contributed by atoms with Gasteiger partial charge in [0.2, 0.25) is 5.91 Å². The number of carbonyl (C=O) groups is 1. The topological polar surface area (TPSA) is 38.3 Å². The molecule has 0 spiro atoms. The van der Waals surface area contributed by atoms with Gasteiger partial charge < -0.3 is 10.1 Å². The molecular weight excluding hydrogens is 429 g/mol. The summed E-state index contributed by atoms with van der Waals surface area (Å²) in [5, 5.41) is 4.66. The third-order valence-corrected chi connectivity index (χ3v) is 6.39. The minimum atomic E-state index is -0.196. The number of carbonyl (C=O) groups excluding carboxylic acids is 1. The zero-order valence-electron chi connectivity index (χ0n) is 17.4. The molecule has 1 N–H and O–H groups in total. The first-order valence-electron chi connectivity index (χ1n) is 10.5. The van der Waals surface area contributed by atoms with Crippen molar-refractivity contribution in [3.8, 4) is 5.75 Å². The van der Waals surface area contributed by atoms with E-state index in [2.05, 4.69) is 12.2 Å². The van der Waals surface area contributed by atoms with Gasteiger partial charge in [-0.05, 0) is 66.8 Å². The van der Waals surface area contributed by atoms with Gasteiger partial charge in [-0.25, -0.2) is 0 Å². The largest absolute Gasteiger partial charge is 0.492 e. The first-order chi connectivity index (χ1) is 15.0. The highest BCUT2D eigenvalue weighted by Gasteiger charge is 2.29. The Kier molecular flexibility index (Phi) is 6.84. The van der Waals surface area contributed by atoms with E-state index in [0.717, 1.165) is 23.3 Å². The van der Waals surface area contributed by atoms with E-state index in [1.54, 1.807) is 0 Å². The summed E-state index contributed by atoms with van der Waals surface area (Å²) in [6, 6.07) is 23.6. The number of halogens is 2.